The predicted octanol–water partition coefficient (Wildman–Crippen LogP) is 4.93. The summed E-state index contributed by atoms with van der Waals surface area (Å²) in [6, 6.07) is 12.7. The average molecular weight is 404 g/mol. The molecule has 7 heteroatoms. The number of hydrogen-bond acceptors (Lipinski definition) is 3. The minimum atomic E-state index is -0.107. The molecule has 2 aromatic rings. The summed E-state index contributed by atoms with van der Waals surface area (Å²) >= 11 is 11.9. The van der Waals surface area contributed by atoms with Gasteiger partial charge in [0.2, 0.25) is 5.91 Å². The molecular formula is C18H21Cl3N2O2. The van der Waals surface area contributed by atoms with Crippen molar-refractivity contribution in [1.82, 2.24) is 5.32 Å². The van der Waals surface area contributed by atoms with Gasteiger partial charge in [0.1, 0.15) is 5.75 Å². The smallest absolute Gasteiger partial charge is 0.227 e. The van der Waals surface area contributed by atoms with E-state index in [2.05, 4.69) is 10.6 Å². The number of anilines is 1. The van der Waals surface area contributed by atoms with Crippen LogP contribution in [0.15, 0.2) is 42.5 Å². The zero-order valence-corrected chi connectivity index (χ0v) is 16.2. The predicted molar refractivity (Wildman–Crippen MR) is 106 cm³/mol. The normalized spacial score (nSPS) is 10.0. The number of ether oxygens (including phenoxy) is 1. The van der Waals surface area contributed by atoms with Crippen LogP contribution in [0.5, 0.6) is 5.75 Å². The Morgan fingerprint density at radius 2 is 1.92 bits per heavy atom. The molecule has 0 spiro atoms. The lowest BCUT2D eigenvalue weighted by molar-refractivity contribution is -0.116. The fraction of sp³-hybridized carbons (Fsp3) is 0.278. The molecule has 0 fully saturated rings. The minimum Gasteiger partial charge on any atom is -0.491 e. The van der Waals surface area contributed by atoms with E-state index < -0.39 is 0 Å². The Balaban J connectivity index is 0.00000312. The molecule has 0 atom stereocenters. The number of rotatable bonds is 8. The van der Waals surface area contributed by atoms with E-state index in [1.165, 1.54) is 0 Å². The molecule has 2 rings (SSSR count). The molecule has 25 heavy (non-hydrogen) atoms. The molecule has 2 N–H and O–H groups in total. The second-order valence-corrected chi connectivity index (χ2v) is 6.00. The third kappa shape index (κ3) is 7.12. The maximum atomic E-state index is 12.1. The summed E-state index contributed by atoms with van der Waals surface area (Å²) in [4.78, 5) is 12.1. The van der Waals surface area contributed by atoms with E-state index in [1.54, 1.807) is 18.2 Å². The van der Waals surface area contributed by atoms with Gasteiger partial charge < -0.3 is 15.4 Å². The quantitative estimate of drug-likeness (QED) is 0.657. The van der Waals surface area contributed by atoms with E-state index in [9.17, 15) is 4.79 Å². The van der Waals surface area contributed by atoms with Gasteiger partial charge in [-0.1, -0.05) is 48.3 Å². The molecule has 0 bridgehead atoms. The molecule has 0 aliphatic carbocycles. The number of nitrogens with one attached hydrogen (secondary N) is 2. The van der Waals surface area contributed by atoms with Crippen LogP contribution in [0.4, 0.5) is 5.69 Å². The van der Waals surface area contributed by atoms with Crippen molar-refractivity contribution >= 4 is 47.2 Å². The van der Waals surface area contributed by atoms with E-state index in [1.807, 2.05) is 31.2 Å². The lowest BCUT2D eigenvalue weighted by atomic mass is 10.1. The Morgan fingerprint density at radius 1 is 1.16 bits per heavy atom. The largest absolute Gasteiger partial charge is 0.491 e. The molecule has 2 aromatic carbocycles. The number of para-hydroxylation sites is 1. The van der Waals surface area contributed by atoms with Gasteiger partial charge in [-0.3, -0.25) is 4.79 Å². The highest BCUT2D eigenvalue weighted by atomic mass is 35.5. The maximum absolute atomic E-state index is 12.1. The molecule has 0 radical (unpaired) electrons. The minimum absolute atomic E-state index is 0. The highest BCUT2D eigenvalue weighted by Crippen LogP contribution is 2.27. The summed E-state index contributed by atoms with van der Waals surface area (Å²) < 4.78 is 5.53. The van der Waals surface area contributed by atoms with Crippen LogP contribution in [0.1, 0.15) is 18.9 Å². The molecule has 136 valence electrons. The van der Waals surface area contributed by atoms with E-state index >= 15 is 0 Å². The van der Waals surface area contributed by atoms with Crippen molar-refractivity contribution in [2.45, 2.75) is 19.9 Å². The van der Waals surface area contributed by atoms with Crippen molar-refractivity contribution in [3.8, 4) is 5.75 Å². The zero-order valence-electron chi connectivity index (χ0n) is 13.9. The first kappa shape index (κ1) is 21.6. The molecule has 0 saturated carbocycles. The summed E-state index contributed by atoms with van der Waals surface area (Å²) in [5.41, 5.74) is 1.86. The van der Waals surface area contributed by atoms with Gasteiger partial charge in [0.25, 0.3) is 0 Å². The summed E-state index contributed by atoms with van der Waals surface area (Å²) in [6.45, 7) is 3.87. The van der Waals surface area contributed by atoms with Crippen LogP contribution in [0, 0.1) is 0 Å². The SMILES string of the molecule is CCNCc1ccccc1NC(=O)CCOc1ccc(Cl)cc1Cl.Cl. The first-order valence-corrected chi connectivity index (χ1v) is 8.52. The van der Waals surface area contributed by atoms with Gasteiger partial charge in [-0.25, -0.2) is 0 Å². The molecule has 4 nitrogen and oxygen atoms in total. The van der Waals surface area contributed by atoms with E-state index in [4.69, 9.17) is 27.9 Å². The molecule has 0 aromatic heterocycles. The Bertz CT molecular complexity index is 696. The second kappa shape index (κ2) is 11.2. The van der Waals surface area contributed by atoms with Crippen molar-refractivity contribution in [2.24, 2.45) is 0 Å². The molecule has 0 aliphatic heterocycles. The van der Waals surface area contributed by atoms with Crippen LogP contribution in [-0.4, -0.2) is 19.1 Å². The lowest BCUT2D eigenvalue weighted by Crippen LogP contribution is -2.18. The van der Waals surface area contributed by atoms with Crippen LogP contribution in [-0.2, 0) is 11.3 Å². The Labute approximate surface area is 164 Å². The molecule has 0 aliphatic rings. The van der Waals surface area contributed by atoms with E-state index in [-0.39, 0.29) is 31.3 Å². The van der Waals surface area contributed by atoms with Gasteiger partial charge in [0, 0.05) is 17.3 Å². The Kier molecular flexibility index (Phi) is 9.68. The highest BCUT2D eigenvalue weighted by molar-refractivity contribution is 6.35. The molecule has 0 saturated heterocycles. The van der Waals surface area contributed by atoms with Gasteiger partial charge in [0.15, 0.2) is 0 Å². The van der Waals surface area contributed by atoms with Gasteiger partial charge in [0.05, 0.1) is 18.1 Å². The van der Waals surface area contributed by atoms with Crippen molar-refractivity contribution in [3.05, 3.63) is 58.1 Å². The van der Waals surface area contributed by atoms with Crippen molar-refractivity contribution in [3.63, 3.8) is 0 Å². The Hall–Kier alpha value is -1.46. The first-order valence-electron chi connectivity index (χ1n) is 7.76. The van der Waals surface area contributed by atoms with Crippen molar-refractivity contribution in [1.29, 1.82) is 0 Å². The van der Waals surface area contributed by atoms with Crippen LogP contribution in [0.2, 0.25) is 10.0 Å². The van der Waals surface area contributed by atoms with Crippen LogP contribution < -0.4 is 15.4 Å². The highest BCUT2D eigenvalue weighted by Gasteiger charge is 2.08. The van der Waals surface area contributed by atoms with Crippen LogP contribution in [0.25, 0.3) is 0 Å². The van der Waals surface area contributed by atoms with Crippen LogP contribution >= 0.6 is 35.6 Å². The summed E-state index contributed by atoms with van der Waals surface area (Å²) in [5.74, 6) is 0.408. The number of carbonyl (C=O) groups is 1. The topological polar surface area (TPSA) is 50.4 Å². The molecule has 0 heterocycles. The molecule has 0 unspecified atom stereocenters. The summed E-state index contributed by atoms with van der Waals surface area (Å²) in [6.07, 6.45) is 0.231. The lowest BCUT2D eigenvalue weighted by Gasteiger charge is -2.12. The second-order valence-electron chi connectivity index (χ2n) is 5.16. The first-order chi connectivity index (χ1) is 11.6. The van der Waals surface area contributed by atoms with Gasteiger partial charge in [-0.15, -0.1) is 12.4 Å². The fourth-order valence-corrected chi connectivity index (χ4v) is 2.58. The standard InChI is InChI=1S/C18H20Cl2N2O2.ClH/c1-2-21-12-13-5-3-4-6-16(13)22-18(23)9-10-24-17-8-7-14(19)11-15(17)20;/h3-8,11,21H,2,9-10,12H2,1H3,(H,22,23);1H. The fourth-order valence-electron chi connectivity index (χ4n) is 2.11. The van der Waals surface area contributed by atoms with Gasteiger partial charge in [-0.05, 0) is 36.4 Å². The average Bonchev–Trinajstić information content (AvgIpc) is 2.56. The van der Waals surface area contributed by atoms with E-state index in [0.29, 0.717) is 22.3 Å². The van der Waals surface area contributed by atoms with Crippen molar-refractivity contribution < 1.29 is 9.53 Å². The Morgan fingerprint density at radius 3 is 2.64 bits per heavy atom. The zero-order chi connectivity index (χ0) is 17.4. The molecule has 1 amide bonds. The monoisotopic (exact) mass is 402 g/mol. The van der Waals surface area contributed by atoms with Crippen LogP contribution in [0.3, 0.4) is 0 Å². The number of carbonyl (C=O) groups excluding carboxylic acids is 1. The molecular weight excluding hydrogens is 383 g/mol. The number of amides is 1. The third-order valence-corrected chi connectivity index (χ3v) is 3.87. The third-order valence-electron chi connectivity index (χ3n) is 3.34. The van der Waals surface area contributed by atoms with Gasteiger partial charge in [-0.2, -0.15) is 0 Å². The number of benzene rings is 2. The number of halogens is 3. The van der Waals surface area contributed by atoms with Crippen molar-refractivity contribution in [2.75, 3.05) is 18.5 Å². The van der Waals surface area contributed by atoms with E-state index in [0.717, 1.165) is 17.8 Å². The maximum Gasteiger partial charge on any atom is 0.227 e. The summed E-state index contributed by atoms with van der Waals surface area (Å²) in [7, 11) is 0. The van der Waals surface area contributed by atoms with Gasteiger partial charge >= 0.3 is 0 Å². The summed E-state index contributed by atoms with van der Waals surface area (Å²) in [5, 5.41) is 7.14. The number of hydrogen-bond donors (Lipinski definition) is 2.